The SMILES string of the molecule is CCC(CO)OC(=O)c1cc(O)c(O)c(O)c1. The number of carbonyl (C=O) groups is 1. The van der Waals surface area contributed by atoms with E-state index < -0.39 is 29.3 Å². The normalized spacial score (nSPS) is 12.1. The van der Waals surface area contributed by atoms with E-state index in [1.165, 1.54) is 0 Å². The third kappa shape index (κ3) is 3.01. The highest BCUT2D eigenvalue weighted by molar-refractivity contribution is 5.91. The molecule has 1 rings (SSSR count). The minimum atomic E-state index is -0.795. The summed E-state index contributed by atoms with van der Waals surface area (Å²) >= 11 is 0. The van der Waals surface area contributed by atoms with Gasteiger partial charge in [-0.3, -0.25) is 0 Å². The number of hydrogen-bond acceptors (Lipinski definition) is 6. The topological polar surface area (TPSA) is 107 Å². The molecule has 0 spiro atoms. The number of aliphatic hydroxyl groups is 1. The maximum Gasteiger partial charge on any atom is 0.338 e. The summed E-state index contributed by atoms with van der Waals surface area (Å²) in [6, 6.07) is 1.95. The molecule has 1 unspecified atom stereocenters. The average molecular weight is 242 g/mol. The quantitative estimate of drug-likeness (QED) is 0.458. The summed E-state index contributed by atoms with van der Waals surface area (Å²) in [6.07, 6.45) is -0.196. The molecule has 0 saturated heterocycles. The number of aliphatic hydroxyl groups excluding tert-OH is 1. The lowest BCUT2D eigenvalue weighted by Gasteiger charge is -2.13. The monoisotopic (exact) mass is 242 g/mol. The van der Waals surface area contributed by atoms with Crippen LogP contribution in [0.5, 0.6) is 17.2 Å². The number of benzene rings is 1. The first-order chi connectivity index (χ1) is 7.99. The number of aromatic hydroxyl groups is 3. The first-order valence-corrected chi connectivity index (χ1v) is 5.06. The highest BCUT2D eigenvalue weighted by Crippen LogP contribution is 2.35. The Bertz CT molecular complexity index is 387. The molecule has 0 bridgehead atoms. The van der Waals surface area contributed by atoms with E-state index in [0.29, 0.717) is 6.42 Å². The standard InChI is InChI=1S/C11H14O6/c1-2-7(5-12)17-11(16)6-3-8(13)10(15)9(14)4-6/h3-4,7,12-15H,2,5H2,1H3. The van der Waals surface area contributed by atoms with Gasteiger partial charge in [-0.15, -0.1) is 0 Å². The van der Waals surface area contributed by atoms with Crippen molar-refractivity contribution in [2.24, 2.45) is 0 Å². The third-order valence-electron chi connectivity index (χ3n) is 2.24. The van der Waals surface area contributed by atoms with E-state index in [-0.39, 0.29) is 12.2 Å². The Morgan fingerprint density at radius 1 is 1.29 bits per heavy atom. The summed E-state index contributed by atoms with van der Waals surface area (Å²) in [5.74, 6) is -2.73. The number of esters is 1. The zero-order valence-corrected chi connectivity index (χ0v) is 9.25. The lowest BCUT2D eigenvalue weighted by molar-refractivity contribution is 0.0129. The Kier molecular flexibility index (Phi) is 4.17. The maximum absolute atomic E-state index is 11.6. The summed E-state index contributed by atoms with van der Waals surface area (Å²) < 4.78 is 4.89. The predicted octanol–water partition coefficient (Wildman–Crippen LogP) is 0.731. The predicted molar refractivity (Wildman–Crippen MR) is 58.0 cm³/mol. The smallest absolute Gasteiger partial charge is 0.338 e. The molecule has 4 N–H and O–H groups in total. The minimum absolute atomic E-state index is 0.107. The van der Waals surface area contributed by atoms with Gasteiger partial charge in [0.25, 0.3) is 0 Å². The molecule has 1 atom stereocenters. The molecular formula is C11H14O6. The number of phenolic OH excluding ortho intramolecular Hbond substituents is 3. The zero-order valence-electron chi connectivity index (χ0n) is 9.25. The van der Waals surface area contributed by atoms with Gasteiger partial charge < -0.3 is 25.2 Å². The second-order valence-corrected chi connectivity index (χ2v) is 3.48. The van der Waals surface area contributed by atoms with Gasteiger partial charge >= 0.3 is 5.97 Å². The fourth-order valence-electron chi connectivity index (χ4n) is 1.19. The van der Waals surface area contributed by atoms with Crippen LogP contribution in [0, 0.1) is 0 Å². The summed E-state index contributed by atoms with van der Waals surface area (Å²) in [7, 11) is 0. The number of ether oxygens (including phenoxy) is 1. The van der Waals surface area contributed by atoms with Gasteiger partial charge in [0, 0.05) is 0 Å². The second kappa shape index (κ2) is 5.40. The van der Waals surface area contributed by atoms with E-state index in [9.17, 15) is 15.0 Å². The number of rotatable bonds is 4. The van der Waals surface area contributed by atoms with Crippen LogP contribution < -0.4 is 0 Å². The van der Waals surface area contributed by atoms with Crippen molar-refractivity contribution in [2.75, 3.05) is 6.61 Å². The van der Waals surface area contributed by atoms with Crippen molar-refractivity contribution >= 4 is 5.97 Å². The summed E-state index contributed by atoms with van der Waals surface area (Å²) in [6.45, 7) is 1.43. The summed E-state index contributed by atoms with van der Waals surface area (Å²) in [5.41, 5.74) is -0.107. The number of carbonyl (C=O) groups excluding carboxylic acids is 1. The first kappa shape index (κ1) is 13.1. The van der Waals surface area contributed by atoms with Crippen molar-refractivity contribution in [3.8, 4) is 17.2 Å². The summed E-state index contributed by atoms with van der Waals surface area (Å²) in [4.78, 5) is 11.6. The van der Waals surface area contributed by atoms with Crippen LogP contribution in [0.2, 0.25) is 0 Å². The fourth-order valence-corrected chi connectivity index (χ4v) is 1.19. The Balaban J connectivity index is 2.90. The van der Waals surface area contributed by atoms with E-state index in [0.717, 1.165) is 12.1 Å². The fraction of sp³-hybridized carbons (Fsp3) is 0.364. The summed E-state index contributed by atoms with van der Waals surface area (Å²) in [5, 5.41) is 36.4. The molecule has 0 aliphatic heterocycles. The molecule has 6 heteroatoms. The molecule has 0 saturated carbocycles. The van der Waals surface area contributed by atoms with E-state index in [4.69, 9.17) is 14.9 Å². The molecule has 6 nitrogen and oxygen atoms in total. The Morgan fingerprint density at radius 2 is 1.82 bits per heavy atom. The van der Waals surface area contributed by atoms with Gasteiger partial charge in [-0.05, 0) is 18.6 Å². The molecular weight excluding hydrogens is 228 g/mol. The van der Waals surface area contributed by atoms with E-state index in [2.05, 4.69) is 0 Å². The molecule has 17 heavy (non-hydrogen) atoms. The van der Waals surface area contributed by atoms with Crippen LogP contribution in [0.25, 0.3) is 0 Å². The third-order valence-corrected chi connectivity index (χ3v) is 2.24. The van der Waals surface area contributed by atoms with Crippen LogP contribution in [-0.4, -0.2) is 39.1 Å². The van der Waals surface area contributed by atoms with Crippen LogP contribution in [-0.2, 0) is 4.74 Å². The lowest BCUT2D eigenvalue weighted by atomic mass is 10.2. The van der Waals surface area contributed by atoms with E-state index in [1.54, 1.807) is 6.92 Å². The molecule has 0 aliphatic rings. The second-order valence-electron chi connectivity index (χ2n) is 3.48. The molecule has 0 heterocycles. The minimum Gasteiger partial charge on any atom is -0.504 e. The van der Waals surface area contributed by atoms with Crippen LogP contribution in [0.1, 0.15) is 23.7 Å². The van der Waals surface area contributed by atoms with Gasteiger partial charge in [0.2, 0.25) is 0 Å². The van der Waals surface area contributed by atoms with Crippen LogP contribution in [0.4, 0.5) is 0 Å². The van der Waals surface area contributed by atoms with Gasteiger partial charge in [-0.25, -0.2) is 4.79 Å². The van der Waals surface area contributed by atoms with Gasteiger partial charge in [-0.2, -0.15) is 0 Å². The maximum atomic E-state index is 11.6. The molecule has 0 fully saturated rings. The molecule has 0 aromatic heterocycles. The van der Waals surface area contributed by atoms with Crippen LogP contribution >= 0.6 is 0 Å². The Morgan fingerprint density at radius 3 is 2.24 bits per heavy atom. The van der Waals surface area contributed by atoms with Crippen molar-refractivity contribution in [1.82, 2.24) is 0 Å². The molecule has 0 aliphatic carbocycles. The van der Waals surface area contributed by atoms with Crippen molar-refractivity contribution in [1.29, 1.82) is 0 Å². The molecule has 1 aromatic rings. The Hall–Kier alpha value is -1.95. The average Bonchev–Trinajstić information content (AvgIpc) is 2.31. The number of hydrogen-bond donors (Lipinski definition) is 4. The van der Waals surface area contributed by atoms with Gasteiger partial charge in [0.15, 0.2) is 17.2 Å². The molecule has 94 valence electrons. The largest absolute Gasteiger partial charge is 0.504 e. The molecule has 0 amide bonds. The lowest BCUT2D eigenvalue weighted by Crippen LogP contribution is -2.21. The van der Waals surface area contributed by atoms with Crippen molar-refractivity contribution < 1.29 is 30.0 Å². The van der Waals surface area contributed by atoms with Crippen molar-refractivity contribution in [3.63, 3.8) is 0 Å². The highest BCUT2D eigenvalue weighted by Gasteiger charge is 2.17. The van der Waals surface area contributed by atoms with Crippen LogP contribution in [0.15, 0.2) is 12.1 Å². The highest BCUT2D eigenvalue weighted by atomic mass is 16.6. The van der Waals surface area contributed by atoms with Gasteiger partial charge in [0.05, 0.1) is 12.2 Å². The molecule has 1 aromatic carbocycles. The Labute approximate surface area is 97.7 Å². The van der Waals surface area contributed by atoms with E-state index in [1.807, 2.05) is 0 Å². The van der Waals surface area contributed by atoms with Crippen molar-refractivity contribution in [3.05, 3.63) is 17.7 Å². The van der Waals surface area contributed by atoms with Gasteiger partial charge in [-0.1, -0.05) is 6.92 Å². The van der Waals surface area contributed by atoms with E-state index >= 15 is 0 Å². The van der Waals surface area contributed by atoms with Crippen LogP contribution in [0.3, 0.4) is 0 Å². The zero-order chi connectivity index (χ0) is 13.0. The number of phenols is 3. The first-order valence-electron chi connectivity index (χ1n) is 5.06. The molecule has 0 radical (unpaired) electrons. The van der Waals surface area contributed by atoms with Gasteiger partial charge in [0.1, 0.15) is 6.10 Å². The van der Waals surface area contributed by atoms with Crippen molar-refractivity contribution in [2.45, 2.75) is 19.4 Å².